The van der Waals surface area contributed by atoms with Crippen molar-refractivity contribution in [1.82, 2.24) is 4.90 Å². The minimum atomic E-state index is -0.419. The van der Waals surface area contributed by atoms with E-state index in [4.69, 9.17) is 5.73 Å². The van der Waals surface area contributed by atoms with Gasteiger partial charge in [0.05, 0.1) is 5.54 Å². The highest BCUT2D eigenvalue weighted by Crippen LogP contribution is 2.26. The molecule has 0 aromatic rings. The fraction of sp³-hybridized carbons (Fsp3) is 0.929. The number of halogens is 1. The van der Waals surface area contributed by atoms with E-state index < -0.39 is 5.54 Å². The largest absolute Gasteiger partial charge is 0.368 e. The number of amides is 1. The first-order valence-electron chi connectivity index (χ1n) is 7.13. The second-order valence-corrected chi connectivity index (χ2v) is 4.73. The predicted molar refractivity (Wildman–Crippen MR) is 76.4 cm³/mol. The molecule has 0 fully saturated rings. The number of hydrogen-bond donors (Lipinski definition) is 1. The summed E-state index contributed by atoms with van der Waals surface area (Å²) in [6.07, 6.45) is 6.49. The zero-order valence-electron chi connectivity index (χ0n) is 12.5. The van der Waals surface area contributed by atoms with Gasteiger partial charge in [-0.15, -0.1) is 0 Å². The van der Waals surface area contributed by atoms with E-state index in [-0.39, 0.29) is 10.6 Å². The topological polar surface area (TPSA) is 46.3 Å². The molecule has 0 aromatic carbocycles. The van der Waals surface area contributed by atoms with E-state index in [1.165, 1.54) is 19.3 Å². The highest BCUT2D eigenvalue weighted by atomic mass is 19.0. The highest BCUT2D eigenvalue weighted by molar-refractivity contribution is 5.84. The van der Waals surface area contributed by atoms with Crippen LogP contribution in [0.5, 0.6) is 0 Å². The molecule has 1 amide bonds. The number of rotatable bonds is 10. The normalized spacial score (nSPS) is 14.1. The number of nitrogens with zero attached hydrogens (tertiary/aromatic N) is 1. The molecule has 110 valence electrons. The average molecular weight is 262 g/mol. The third kappa shape index (κ3) is 4.92. The van der Waals surface area contributed by atoms with Gasteiger partial charge in [-0.1, -0.05) is 53.4 Å². The second-order valence-electron chi connectivity index (χ2n) is 4.73. The molecule has 18 heavy (non-hydrogen) atoms. The minimum Gasteiger partial charge on any atom is -0.368 e. The van der Waals surface area contributed by atoms with Crippen molar-refractivity contribution in [2.24, 2.45) is 5.73 Å². The summed E-state index contributed by atoms with van der Waals surface area (Å²) in [5.74, 6) is -0.153. The molecule has 0 saturated heterocycles. The van der Waals surface area contributed by atoms with Crippen LogP contribution in [-0.4, -0.2) is 29.4 Å². The molecule has 0 aliphatic heterocycles. The molecule has 0 radical (unpaired) electrons. The molecular weight excluding hydrogens is 231 g/mol. The molecule has 2 N–H and O–H groups in total. The van der Waals surface area contributed by atoms with Crippen molar-refractivity contribution in [3.8, 4) is 0 Å². The lowest BCUT2D eigenvalue weighted by Crippen LogP contribution is -2.57. The number of primary amides is 1. The Bertz CT molecular complexity index is 220. The highest BCUT2D eigenvalue weighted by Gasteiger charge is 2.38. The number of unbranched alkanes of at least 4 members (excludes halogenated alkanes) is 3. The lowest BCUT2D eigenvalue weighted by Gasteiger charge is -2.40. The summed E-state index contributed by atoms with van der Waals surface area (Å²) in [6, 6.07) is 0. The smallest absolute Gasteiger partial charge is 0.237 e. The van der Waals surface area contributed by atoms with Gasteiger partial charge in [0.1, 0.15) is 0 Å². The van der Waals surface area contributed by atoms with Crippen molar-refractivity contribution in [2.75, 3.05) is 13.1 Å². The number of carbonyl (C=O) groups is 1. The molecule has 1 unspecified atom stereocenters. The Kier molecular flexibility index (Phi) is 11.3. The fourth-order valence-corrected chi connectivity index (χ4v) is 2.68. The Labute approximate surface area is 111 Å². The van der Waals surface area contributed by atoms with Gasteiger partial charge in [-0.2, -0.15) is 0 Å². The SMILES string of the molecule is CCCCCCC(CC)(C(N)=O)N(CC)CC.F. The molecule has 0 bridgehead atoms. The van der Waals surface area contributed by atoms with Gasteiger partial charge in [-0.25, -0.2) is 0 Å². The summed E-state index contributed by atoms with van der Waals surface area (Å²) in [7, 11) is 0. The molecule has 0 saturated carbocycles. The van der Waals surface area contributed by atoms with Gasteiger partial charge in [0, 0.05) is 0 Å². The fourth-order valence-electron chi connectivity index (χ4n) is 2.68. The van der Waals surface area contributed by atoms with E-state index in [0.717, 1.165) is 32.4 Å². The van der Waals surface area contributed by atoms with Crippen molar-refractivity contribution in [2.45, 2.75) is 71.8 Å². The Balaban J connectivity index is 0. The second kappa shape index (κ2) is 10.3. The van der Waals surface area contributed by atoms with Gasteiger partial charge in [0.25, 0.3) is 0 Å². The zero-order chi connectivity index (χ0) is 13.3. The van der Waals surface area contributed by atoms with E-state index in [1.807, 2.05) is 0 Å². The summed E-state index contributed by atoms with van der Waals surface area (Å²) in [5, 5.41) is 0. The van der Waals surface area contributed by atoms with Crippen LogP contribution >= 0.6 is 0 Å². The first kappa shape index (κ1) is 19.7. The maximum atomic E-state index is 11.9. The minimum absolute atomic E-state index is 0. The van der Waals surface area contributed by atoms with Crippen LogP contribution in [0.25, 0.3) is 0 Å². The molecular formula is C14H31FN2O. The molecule has 3 nitrogen and oxygen atoms in total. The molecule has 0 spiro atoms. The molecule has 0 aliphatic rings. The van der Waals surface area contributed by atoms with Crippen LogP contribution in [0.2, 0.25) is 0 Å². The van der Waals surface area contributed by atoms with Crippen molar-refractivity contribution in [3.05, 3.63) is 0 Å². The Morgan fingerprint density at radius 2 is 1.61 bits per heavy atom. The van der Waals surface area contributed by atoms with Crippen LogP contribution in [0.4, 0.5) is 4.70 Å². The van der Waals surface area contributed by atoms with Crippen LogP contribution in [-0.2, 0) is 4.79 Å². The number of likely N-dealkylation sites (N-methyl/N-ethyl adjacent to an activating group) is 1. The molecule has 4 heteroatoms. The third-order valence-electron chi connectivity index (χ3n) is 3.86. The first-order valence-corrected chi connectivity index (χ1v) is 7.13. The van der Waals surface area contributed by atoms with E-state index in [1.54, 1.807) is 0 Å². The van der Waals surface area contributed by atoms with Gasteiger partial charge in [-0.05, 0) is 25.9 Å². The number of hydrogen-bond acceptors (Lipinski definition) is 2. The summed E-state index contributed by atoms with van der Waals surface area (Å²) >= 11 is 0. The lowest BCUT2D eigenvalue weighted by atomic mass is 9.86. The predicted octanol–water partition coefficient (Wildman–Crippen LogP) is 3.09. The Morgan fingerprint density at radius 1 is 1.06 bits per heavy atom. The van der Waals surface area contributed by atoms with Crippen LogP contribution in [0.15, 0.2) is 0 Å². The van der Waals surface area contributed by atoms with Gasteiger partial charge in [-0.3, -0.25) is 14.4 Å². The van der Waals surface area contributed by atoms with E-state index in [2.05, 4.69) is 32.6 Å². The van der Waals surface area contributed by atoms with Crippen LogP contribution in [0.3, 0.4) is 0 Å². The molecule has 0 rings (SSSR count). The maximum absolute atomic E-state index is 11.9. The molecule has 0 aliphatic carbocycles. The lowest BCUT2D eigenvalue weighted by molar-refractivity contribution is -0.131. The van der Waals surface area contributed by atoms with Gasteiger partial charge < -0.3 is 5.73 Å². The quantitative estimate of drug-likeness (QED) is 0.615. The molecule has 0 heterocycles. The van der Waals surface area contributed by atoms with E-state index in [9.17, 15) is 4.79 Å². The van der Waals surface area contributed by atoms with Crippen molar-refractivity contribution in [3.63, 3.8) is 0 Å². The molecule has 1 atom stereocenters. The average Bonchev–Trinajstić information content (AvgIpc) is 2.33. The standard InChI is InChI=1S/C14H30N2O.FH/c1-5-9-10-11-12-14(6-2,13(15)17)16(7-3)8-4;/h5-12H2,1-4H3,(H2,15,17);1H. The first-order chi connectivity index (χ1) is 8.08. The van der Waals surface area contributed by atoms with Crippen molar-refractivity contribution < 1.29 is 9.50 Å². The monoisotopic (exact) mass is 262 g/mol. The van der Waals surface area contributed by atoms with E-state index >= 15 is 0 Å². The van der Waals surface area contributed by atoms with Crippen LogP contribution in [0, 0.1) is 0 Å². The number of carbonyl (C=O) groups excluding carboxylic acids is 1. The van der Waals surface area contributed by atoms with Gasteiger partial charge >= 0.3 is 0 Å². The Morgan fingerprint density at radius 3 is 1.94 bits per heavy atom. The van der Waals surface area contributed by atoms with Crippen molar-refractivity contribution >= 4 is 5.91 Å². The molecule has 0 aromatic heterocycles. The Hall–Kier alpha value is -0.640. The van der Waals surface area contributed by atoms with Gasteiger partial charge in [0.15, 0.2) is 0 Å². The summed E-state index contributed by atoms with van der Waals surface area (Å²) in [6.45, 7) is 10.3. The van der Waals surface area contributed by atoms with Gasteiger partial charge in [0.2, 0.25) is 5.91 Å². The summed E-state index contributed by atoms with van der Waals surface area (Å²) < 4.78 is 0. The van der Waals surface area contributed by atoms with E-state index in [0.29, 0.717) is 0 Å². The summed E-state index contributed by atoms with van der Waals surface area (Å²) in [5.41, 5.74) is 5.25. The zero-order valence-corrected chi connectivity index (χ0v) is 12.5. The van der Waals surface area contributed by atoms with Crippen LogP contribution in [0.1, 0.15) is 66.2 Å². The number of nitrogens with two attached hydrogens (primary N) is 1. The summed E-state index contributed by atoms with van der Waals surface area (Å²) in [4.78, 5) is 14.1. The third-order valence-corrected chi connectivity index (χ3v) is 3.86. The maximum Gasteiger partial charge on any atom is 0.237 e. The van der Waals surface area contributed by atoms with Crippen LogP contribution < -0.4 is 5.73 Å². The van der Waals surface area contributed by atoms with Crippen molar-refractivity contribution in [1.29, 1.82) is 0 Å².